The maximum atomic E-state index is 8.03. The van der Waals surface area contributed by atoms with E-state index in [0.29, 0.717) is 0 Å². The zero-order valence-electron chi connectivity index (χ0n) is 6.62. The molecule has 11 heavy (non-hydrogen) atoms. The molecule has 0 aromatic carbocycles. The van der Waals surface area contributed by atoms with Gasteiger partial charge in [-0.3, -0.25) is 5.26 Å². The van der Waals surface area contributed by atoms with Crippen LogP contribution in [0.4, 0.5) is 0 Å². The Morgan fingerprint density at radius 3 is 3.09 bits per heavy atom. The second kappa shape index (κ2) is 5.10. The fourth-order valence-corrected chi connectivity index (χ4v) is 1.26. The fraction of sp³-hybridized carbons (Fsp3) is 0.556. The Kier molecular flexibility index (Phi) is 3.94. The van der Waals surface area contributed by atoms with Crippen LogP contribution < -0.4 is 0 Å². The van der Waals surface area contributed by atoms with Crippen molar-refractivity contribution in [1.82, 2.24) is 0 Å². The lowest BCUT2D eigenvalue weighted by Gasteiger charge is -2.07. The van der Waals surface area contributed by atoms with Gasteiger partial charge in [-0.1, -0.05) is 23.8 Å². The van der Waals surface area contributed by atoms with Crippen LogP contribution in [0.5, 0.6) is 0 Å². The van der Waals surface area contributed by atoms with Gasteiger partial charge in [0.25, 0.3) is 0 Å². The highest BCUT2D eigenvalue weighted by atomic mass is 17.1. The van der Waals surface area contributed by atoms with Gasteiger partial charge in [-0.25, -0.2) is 4.89 Å². The molecule has 0 saturated heterocycles. The molecule has 0 unspecified atom stereocenters. The summed E-state index contributed by atoms with van der Waals surface area (Å²) in [7, 11) is 0. The summed E-state index contributed by atoms with van der Waals surface area (Å²) in [6.45, 7) is 0.289. The van der Waals surface area contributed by atoms with Gasteiger partial charge in [0.05, 0.1) is 0 Å². The summed E-state index contributed by atoms with van der Waals surface area (Å²) in [5, 5.41) is 8.03. The summed E-state index contributed by atoms with van der Waals surface area (Å²) in [5.74, 6) is 0. The standard InChI is InChI=1S/C9H14O2/c10-11-8-4-7-9-5-2-1-3-6-9/h4-5,7,10H,1-3,6,8H2/b7-4+. The van der Waals surface area contributed by atoms with Crippen LogP contribution in [0.25, 0.3) is 0 Å². The molecule has 0 aromatic heterocycles. The second-order valence-corrected chi connectivity index (χ2v) is 2.72. The predicted octanol–water partition coefficient (Wildman–Crippen LogP) is 2.53. The Bertz CT molecular complexity index is 159. The largest absolute Gasteiger partial charge is 0.252 e. The van der Waals surface area contributed by atoms with E-state index in [4.69, 9.17) is 5.26 Å². The molecule has 0 aliphatic heterocycles. The minimum atomic E-state index is 0.289. The molecule has 0 heterocycles. The smallest absolute Gasteiger partial charge is 0.100 e. The third-order valence-corrected chi connectivity index (χ3v) is 1.83. The van der Waals surface area contributed by atoms with E-state index in [0.717, 1.165) is 0 Å². The Morgan fingerprint density at radius 1 is 1.55 bits per heavy atom. The van der Waals surface area contributed by atoms with E-state index in [1.165, 1.54) is 31.3 Å². The quantitative estimate of drug-likeness (QED) is 0.500. The molecule has 0 spiro atoms. The molecule has 0 radical (unpaired) electrons. The average molecular weight is 154 g/mol. The summed E-state index contributed by atoms with van der Waals surface area (Å²) in [6.07, 6.45) is 11.1. The highest BCUT2D eigenvalue weighted by molar-refractivity contribution is 5.19. The lowest BCUT2D eigenvalue weighted by molar-refractivity contribution is -0.231. The molecule has 1 N–H and O–H groups in total. The molecular formula is C9H14O2. The van der Waals surface area contributed by atoms with Crippen LogP contribution in [0.15, 0.2) is 23.8 Å². The molecule has 1 aliphatic rings. The van der Waals surface area contributed by atoms with Gasteiger partial charge in [0.2, 0.25) is 0 Å². The molecule has 0 bridgehead atoms. The molecule has 1 aliphatic carbocycles. The third kappa shape index (κ3) is 3.35. The van der Waals surface area contributed by atoms with Crippen LogP contribution in [0, 0.1) is 0 Å². The van der Waals surface area contributed by atoms with Gasteiger partial charge in [-0.2, -0.15) is 0 Å². The molecule has 0 fully saturated rings. The molecule has 1 rings (SSSR count). The molecule has 0 atom stereocenters. The van der Waals surface area contributed by atoms with E-state index in [2.05, 4.69) is 11.0 Å². The highest BCUT2D eigenvalue weighted by Crippen LogP contribution is 2.17. The van der Waals surface area contributed by atoms with Crippen LogP contribution in [0.1, 0.15) is 25.7 Å². The van der Waals surface area contributed by atoms with Gasteiger partial charge in [0, 0.05) is 0 Å². The molecule has 2 nitrogen and oxygen atoms in total. The van der Waals surface area contributed by atoms with Gasteiger partial charge < -0.3 is 0 Å². The first-order valence-corrected chi connectivity index (χ1v) is 4.05. The van der Waals surface area contributed by atoms with E-state index in [9.17, 15) is 0 Å². The second-order valence-electron chi connectivity index (χ2n) is 2.72. The lowest BCUT2D eigenvalue weighted by atomic mass is 9.99. The summed E-state index contributed by atoms with van der Waals surface area (Å²) in [5.41, 5.74) is 1.37. The topological polar surface area (TPSA) is 29.5 Å². The van der Waals surface area contributed by atoms with Crippen LogP contribution in [0.3, 0.4) is 0 Å². The first kappa shape index (κ1) is 8.50. The first-order valence-electron chi connectivity index (χ1n) is 4.05. The summed E-state index contributed by atoms with van der Waals surface area (Å²) in [4.78, 5) is 3.92. The van der Waals surface area contributed by atoms with E-state index >= 15 is 0 Å². The zero-order valence-corrected chi connectivity index (χ0v) is 6.62. The number of allylic oxidation sites excluding steroid dienone is 3. The van der Waals surface area contributed by atoms with E-state index < -0.39 is 0 Å². The molecule has 2 heteroatoms. The van der Waals surface area contributed by atoms with E-state index in [1.54, 1.807) is 0 Å². The van der Waals surface area contributed by atoms with Crippen LogP contribution >= 0.6 is 0 Å². The van der Waals surface area contributed by atoms with Crippen molar-refractivity contribution in [3.63, 3.8) is 0 Å². The minimum Gasteiger partial charge on any atom is -0.252 e. The van der Waals surface area contributed by atoms with Crippen molar-refractivity contribution in [3.05, 3.63) is 23.8 Å². The van der Waals surface area contributed by atoms with Crippen molar-refractivity contribution >= 4 is 0 Å². The van der Waals surface area contributed by atoms with Crippen molar-refractivity contribution in [1.29, 1.82) is 0 Å². The molecule has 0 aromatic rings. The Balaban J connectivity index is 2.29. The van der Waals surface area contributed by atoms with Gasteiger partial charge >= 0.3 is 0 Å². The number of hydrogen-bond donors (Lipinski definition) is 1. The van der Waals surface area contributed by atoms with Gasteiger partial charge in [-0.15, -0.1) is 0 Å². The van der Waals surface area contributed by atoms with E-state index in [-0.39, 0.29) is 6.61 Å². The summed E-state index contributed by atoms with van der Waals surface area (Å²) in [6, 6.07) is 0. The van der Waals surface area contributed by atoms with Crippen molar-refractivity contribution in [2.45, 2.75) is 25.7 Å². The van der Waals surface area contributed by atoms with Crippen LogP contribution in [-0.2, 0) is 4.89 Å². The number of hydrogen-bond acceptors (Lipinski definition) is 2. The first-order chi connectivity index (χ1) is 5.43. The maximum absolute atomic E-state index is 8.03. The minimum absolute atomic E-state index is 0.289. The summed E-state index contributed by atoms with van der Waals surface area (Å²) >= 11 is 0. The highest BCUT2D eigenvalue weighted by Gasteiger charge is 1.98. The molecule has 0 amide bonds. The normalized spacial score (nSPS) is 18.8. The zero-order chi connectivity index (χ0) is 7.94. The monoisotopic (exact) mass is 154 g/mol. The molecule has 0 saturated carbocycles. The lowest BCUT2D eigenvalue weighted by Crippen LogP contribution is -1.89. The maximum Gasteiger partial charge on any atom is 0.100 e. The van der Waals surface area contributed by atoms with Crippen LogP contribution in [-0.4, -0.2) is 11.9 Å². The van der Waals surface area contributed by atoms with Gasteiger partial charge in [0.15, 0.2) is 0 Å². The molecule has 62 valence electrons. The Hall–Kier alpha value is -0.600. The van der Waals surface area contributed by atoms with Crippen molar-refractivity contribution in [2.75, 3.05) is 6.61 Å². The average Bonchev–Trinajstić information content (AvgIpc) is 2.07. The fourth-order valence-electron chi connectivity index (χ4n) is 1.26. The van der Waals surface area contributed by atoms with E-state index in [1.807, 2.05) is 12.2 Å². The van der Waals surface area contributed by atoms with Gasteiger partial charge in [0.1, 0.15) is 6.61 Å². The summed E-state index contributed by atoms with van der Waals surface area (Å²) < 4.78 is 0. The predicted molar refractivity (Wildman–Crippen MR) is 44.3 cm³/mol. The SMILES string of the molecule is OOC/C=C/C1=CCCCC1. The van der Waals surface area contributed by atoms with Crippen molar-refractivity contribution < 1.29 is 10.1 Å². The number of rotatable bonds is 3. The van der Waals surface area contributed by atoms with Crippen molar-refractivity contribution in [3.8, 4) is 0 Å². The third-order valence-electron chi connectivity index (χ3n) is 1.83. The Labute approximate surface area is 67.1 Å². The molecular weight excluding hydrogens is 140 g/mol. The van der Waals surface area contributed by atoms with Crippen molar-refractivity contribution in [2.24, 2.45) is 0 Å². The van der Waals surface area contributed by atoms with Crippen LogP contribution in [0.2, 0.25) is 0 Å². The van der Waals surface area contributed by atoms with Gasteiger partial charge in [-0.05, 0) is 25.7 Å². The Morgan fingerprint density at radius 2 is 2.45 bits per heavy atom.